The maximum atomic E-state index is 12.5. The van der Waals surface area contributed by atoms with Gasteiger partial charge in [0.2, 0.25) is 0 Å². The molecule has 0 amide bonds. The first-order valence-electron chi connectivity index (χ1n) is 5.51. The number of rotatable bonds is 5. The van der Waals surface area contributed by atoms with Crippen LogP contribution in [-0.4, -0.2) is 36.6 Å². The van der Waals surface area contributed by atoms with Crippen LogP contribution >= 0.6 is 11.3 Å². The fourth-order valence-corrected chi connectivity index (χ4v) is 4.64. The molecule has 0 aliphatic heterocycles. The number of aliphatic hydroxyl groups is 1. The second-order valence-electron chi connectivity index (χ2n) is 4.33. The van der Waals surface area contributed by atoms with Gasteiger partial charge in [0, 0.05) is 6.04 Å². The molecule has 1 fully saturated rings. The van der Waals surface area contributed by atoms with Crippen molar-refractivity contribution in [3.63, 3.8) is 0 Å². The molecule has 1 aromatic heterocycles. The molecule has 19 heavy (non-hydrogen) atoms. The number of hydrogen-bond acceptors (Lipinski definition) is 4. The van der Waals surface area contributed by atoms with Gasteiger partial charge in [0.1, 0.15) is 10.8 Å². The molecule has 0 aromatic carbocycles. The SMILES string of the molecule is O=S(=O)(c1cc(CO)cs1)N(CC(F)(F)F)C1CC1. The predicted octanol–water partition coefficient (Wildman–Crippen LogP) is 1.96. The Balaban J connectivity index is 2.29. The fraction of sp³-hybridized carbons (Fsp3) is 0.600. The zero-order valence-electron chi connectivity index (χ0n) is 9.72. The summed E-state index contributed by atoms with van der Waals surface area (Å²) in [7, 11) is -4.14. The highest BCUT2D eigenvalue weighted by Gasteiger charge is 2.45. The molecule has 1 aliphatic rings. The number of alkyl halides is 3. The molecule has 0 atom stereocenters. The molecule has 0 spiro atoms. The highest BCUT2D eigenvalue weighted by molar-refractivity contribution is 7.91. The summed E-state index contributed by atoms with van der Waals surface area (Å²) in [5.74, 6) is 0. The minimum atomic E-state index is -4.56. The summed E-state index contributed by atoms with van der Waals surface area (Å²) in [4.78, 5) is 0. The van der Waals surface area contributed by atoms with Crippen molar-refractivity contribution in [3.05, 3.63) is 17.0 Å². The average Bonchev–Trinajstić information content (AvgIpc) is 3.00. The minimum absolute atomic E-state index is 0.160. The highest BCUT2D eigenvalue weighted by atomic mass is 32.2. The normalized spacial score (nSPS) is 17.1. The average molecular weight is 315 g/mol. The number of nitrogens with zero attached hydrogens (tertiary/aromatic N) is 1. The lowest BCUT2D eigenvalue weighted by Gasteiger charge is -2.22. The summed E-state index contributed by atoms with van der Waals surface area (Å²) >= 11 is 0.824. The van der Waals surface area contributed by atoms with Crippen LogP contribution in [0.25, 0.3) is 0 Å². The van der Waals surface area contributed by atoms with Crippen molar-refractivity contribution in [1.82, 2.24) is 4.31 Å². The Kier molecular flexibility index (Phi) is 3.92. The van der Waals surface area contributed by atoms with Crippen LogP contribution < -0.4 is 0 Å². The van der Waals surface area contributed by atoms with E-state index in [9.17, 15) is 21.6 Å². The van der Waals surface area contributed by atoms with Crippen LogP contribution in [0.3, 0.4) is 0 Å². The van der Waals surface area contributed by atoms with Crippen molar-refractivity contribution in [3.8, 4) is 0 Å². The third kappa shape index (κ3) is 3.47. The molecule has 1 heterocycles. The molecule has 1 aliphatic carbocycles. The molecule has 1 saturated carbocycles. The number of halogens is 3. The van der Waals surface area contributed by atoms with Crippen LogP contribution in [0.5, 0.6) is 0 Å². The maximum Gasteiger partial charge on any atom is 0.402 e. The van der Waals surface area contributed by atoms with Gasteiger partial charge in [-0.3, -0.25) is 0 Å². The second kappa shape index (κ2) is 5.04. The maximum absolute atomic E-state index is 12.5. The van der Waals surface area contributed by atoms with E-state index in [2.05, 4.69) is 0 Å². The Labute approximate surface area is 112 Å². The monoisotopic (exact) mass is 315 g/mol. The first-order chi connectivity index (χ1) is 8.74. The number of aliphatic hydroxyl groups excluding tert-OH is 1. The molecule has 1 aromatic rings. The molecule has 9 heteroatoms. The van der Waals surface area contributed by atoms with Crippen LogP contribution in [-0.2, 0) is 16.6 Å². The summed E-state index contributed by atoms with van der Waals surface area (Å²) in [6.45, 7) is -1.80. The van der Waals surface area contributed by atoms with E-state index in [4.69, 9.17) is 5.11 Å². The lowest BCUT2D eigenvalue weighted by atomic mass is 10.4. The van der Waals surface area contributed by atoms with Crippen molar-refractivity contribution in [2.24, 2.45) is 0 Å². The van der Waals surface area contributed by atoms with Crippen molar-refractivity contribution >= 4 is 21.4 Å². The van der Waals surface area contributed by atoms with Gasteiger partial charge in [-0.15, -0.1) is 11.3 Å². The van der Waals surface area contributed by atoms with E-state index in [0.29, 0.717) is 22.7 Å². The molecular formula is C10H12F3NO3S2. The zero-order valence-corrected chi connectivity index (χ0v) is 11.4. The topological polar surface area (TPSA) is 57.6 Å². The van der Waals surface area contributed by atoms with E-state index in [1.54, 1.807) is 0 Å². The zero-order chi connectivity index (χ0) is 14.3. The summed E-state index contributed by atoms with van der Waals surface area (Å²) in [5.41, 5.74) is 0.381. The van der Waals surface area contributed by atoms with Crippen LogP contribution in [0.15, 0.2) is 15.7 Å². The lowest BCUT2D eigenvalue weighted by Crippen LogP contribution is -2.40. The minimum Gasteiger partial charge on any atom is -0.392 e. The molecule has 0 radical (unpaired) electrons. The third-order valence-corrected chi connectivity index (χ3v) is 6.03. The highest BCUT2D eigenvalue weighted by Crippen LogP contribution is 2.36. The van der Waals surface area contributed by atoms with Crippen molar-refractivity contribution in [1.29, 1.82) is 0 Å². The number of thiophene rings is 1. The Bertz CT molecular complexity index is 549. The van der Waals surface area contributed by atoms with Gasteiger partial charge in [0.25, 0.3) is 10.0 Å². The van der Waals surface area contributed by atoms with Crippen molar-refractivity contribution < 1.29 is 26.7 Å². The van der Waals surface area contributed by atoms with E-state index < -0.39 is 28.8 Å². The van der Waals surface area contributed by atoms with Gasteiger partial charge >= 0.3 is 6.18 Å². The van der Waals surface area contributed by atoms with Gasteiger partial charge in [0.15, 0.2) is 0 Å². The molecule has 0 unspecified atom stereocenters. The molecule has 2 rings (SSSR count). The molecular weight excluding hydrogens is 303 g/mol. The second-order valence-corrected chi connectivity index (χ2v) is 7.36. The van der Waals surface area contributed by atoms with Gasteiger partial charge < -0.3 is 5.11 Å². The van der Waals surface area contributed by atoms with E-state index in [-0.39, 0.29) is 10.8 Å². The molecule has 108 valence electrons. The Hall–Kier alpha value is -0.640. The summed E-state index contributed by atoms with van der Waals surface area (Å²) in [6, 6.07) is 0.650. The predicted molar refractivity (Wildman–Crippen MR) is 63.2 cm³/mol. The first kappa shape index (κ1) is 14.8. The molecule has 1 N–H and O–H groups in total. The van der Waals surface area contributed by atoms with Gasteiger partial charge in [0.05, 0.1) is 6.61 Å². The van der Waals surface area contributed by atoms with Gasteiger partial charge in [-0.05, 0) is 29.9 Å². The largest absolute Gasteiger partial charge is 0.402 e. The Morgan fingerprint density at radius 2 is 2.05 bits per heavy atom. The van der Waals surface area contributed by atoms with Crippen LogP contribution in [0.1, 0.15) is 18.4 Å². The van der Waals surface area contributed by atoms with E-state index in [1.807, 2.05) is 0 Å². The molecule has 0 saturated heterocycles. The van der Waals surface area contributed by atoms with E-state index in [0.717, 1.165) is 11.3 Å². The van der Waals surface area contributed by atoms with Crippen LogP contribution in [0.4, 0.5) is 13.2 Å². The van der Waals surface area contributed by atoms with Crippen molar-refractivity contribution in [2.45, 2.75) is 35.9 Å². The standard InChI is InChI=1S/C10H12F3NO3S2/c11-10(12,13)6-14(8-1-2-8)19(16,17)9-3-7(4-15)5-18-9/h3,5,8,15H,1-2,4,6H2. The summed E-state index contributed by atoms with van der Waals surface area (Å²) in [5, 5.41) is 10.3. The smallest absolute Gasteiger partial charge is 0.392 e. The first-order valence-corrected chi connectivity index (χ1v) is 7.83. The fourth-order valence-electron chi connectivity index (χ4n) is 1.64. The van der Waals surface area contributed by atoms with Gasteiger partial charge in [-0.2, -0.15) is 17.5 Å². The molecule has 4 nitrogen and oxygen atoms in total. The van der Waals surface area contributed by atoms with Gasteiger partial charge in [-0.25, -0.2) is 8.42 Å². The lowest BCUT2D eigenvalue weighted by molar-refractivity contribution is -0.136. The quantitative estimate of drug-likeness (QED) is 0.903. The Morgan fingerprint density at radius 1 is 1.42 bits per heavy atom. The summed E-state index contributed by atoms with van der Waals surface area (Å²) < 4.78 is 62.1. The van der Waals surface area contributed by atoms with E-state index in [1.165, 1.54) is 11.4 Å². The molecule has 0 bridgehead atoms. The van der Waals surface area contributed by atoms with Crippen LogP contribution in [0, 0.1) is 0 Å². The van der Waals surface area contributed by atoms with E-state index >= 15 is 0 Å². The van der Waals surface area contributed by atoms with Gasteiger partial charge in [-0.1, -0.05) is 0 Å². The van der Waals surface area contributed by atoms with Crippen molar-refractivity contribution in [2.75, 3.05) is 6.54 Å². The van der Waals surface area contributed by atoms with Crippen LogP contribution in [0.2, 0.25) is 0 Å². The summed E-state index contributed by atoms with van der Waals surface area (Å²) in [6.07, 6.45) is -3.66. The Morgan fingerprint density at radius 3 is 2.47 bits per heavy atom. The number of hydrogen-bond donors (Lipinski definition) is 1. The number of sulfonamides is 1. The third-order valence-electron chi connectivity index (χ3n) is 2.66.